The van der Waals surface area contributed by atoms with Crippen LogP contribution in [0.2, 0.25) is 0 Å². The minimum Gasteiger partial charge on any atom is -0.494 e. The van der Waals surface area contributed by atoms with Crippen LogP contribution in [0.15, 0.2) is 18.2 Å². The van der Waals surface area contributed by atoms with Crippen LogP contribution in [0.5, 0.6) is 11.5 Å². The van der Waals surface area contributed by atoms with Crippen molar-refractivity contribution in [1.29, 1.82) is 0 Å². The summed E-state index contributed by atoms with van der Waals surface area (Å²) in [6.45, 7) is 2.00. The number of hydrogen-bond donors (Lipinski definition) is 0. The molecule has 1 aromatic rings. The molecule has 1 heterocycles. The molecule has 1 fully saturated rings. The Labute approximate surface area is 122 Å². The Morgan fingerprint density at radius 1 is 1.30 bits per heavy atom. The van der Waals surface area contributed by atoms with E-state index >= 15 is 0 Å². The maximum Gasteiger partial charge on any atom is 0.228 e. The molecule has 1 unspecified atom stereocenters. The van der Waals surface area contributed by atoms with Crippen LogP contribution in [-0.4, -0.2) is 37.0 Å². The predicted octanol–water partition coefficient (Wildman–Crippen LogP) is 2.09. The van der Waals surface area contributed by atoms with E-state index in [4.69, 9.17) is 9.47 Å². The maximum absolute atomic E-state index is 12.2. The summed E-state index contributed by atoms with van der Waals surface area (Å²) in [7, 11) is 3.11. The number of carbonyl (C=O) groups is 2. The molecule has 1 amide bonds. The van der Waals surface area contributed by atoms with Gasteiger partial charge in [-0.1, -0.05) is 17.8 Å². The lowest BCUT2D eigenvalue weighted by Gasteiger charge is -2.21. The Bertz CT molecular complexity index is 510. The Morgan fingerprint density at radius 2 is 1.90 bits per heavy atom. The van der Waals surface area contributed by atoms with Gasteiger partial charge in [-0.15, -0.1) is 0 Å². The molecule has 0 aliphatic carbocycles. The molecule has 1 aliphatic rings. The van der Waals surface area contributed by atoms with Gasteiger partial charge in [-0.2, -0.15) is 0 Å². The Morgan fingerprint density at radius 3 is 2.40 bits per heavy atom. The van der Waals surface area contributed by atoms with Gasteiger partial charge in [0.1, 0.15) is 17.2 Å². The van der Waals surface area contributed by atoms with Gasteiger partial charge in [0.2, 0.25) is 5.91 Å². The van der Waals surface area contributed by atoms with E-state index < -0.39 is 0 Å². The quantitative estimate of drug-likeness (QED) is 0.851. The number of anilines is 1. The van der Waals surface area contributed by atoms with Gasteiger partial charge in [-0.05, 0) is 12.1 Å². The lowest BCUT2D eigenvalue weighted by Crippen LogP contribution is -2.26. The highest BCUT2D eigenvalue weighted by Gasteiger charge is 2.34. The molecule has 0 saturated carbocycles. The number of ether oxygens (including phenoxy) is 2. The van der Waals surface area contributed by atoms with Gasteiger partial charge in [0, 0.05) is 25.1 Å². The summed E-state index contributed by atoms with van der Waals surface area (Å²) in [6.07, 6.45) is 0.353. The molecule has 0 spiro atoms. The number of methoxy groups -OCH3 is 2. The van der Waals surface area contributed by atoms with Crippen molar-refractivity contribution in [1.82, 2.24) is 0 Å². The average Bonchev–Trinajstić information content (AvgIpc) is 2.77. The van der Waals surface area contributed by atoms with Gasteiger partial charge >= 0.3 is 0 Å². The fourth-order valence-electron chi connectivity index (χ4n) is 2.30. The summed E-state index contributed by atoms with van der Waals surface area (Å²) in [5, 5.41) is 0.00580. The molecule has 108 valence electrons. The minimum absolute atomic E-state index is 0.0189. The van der Waals surface area contributed by atoms with Crippen LogP contribution < -0.4 is 14.4 Å². The largest absolute Gasteiger partial charge is 0.494 e. The van der Waals surface area contributed by atoms with Crippen molar-refractivity contribution in [2.45, 2.75) is 18.6 Å². The van der Waals surface area contributed by atoms with E-state index in [-0.39, 0.29) is 16.3 Å². The first-order valence-electron chi connectivity index (χ1n) is 6.25. The van der Waals surface area contributed by atoms with Crippen molar-refractivity contribution in [2.75, 3.05) is 25.7 Å². The molecule has 0 N–H and O–H groups in total. The van der Waals surface area contributed by atoms with E-state index in [9.17, 15) is 9.59 Å². The van der Waals surface area contributed by atoms with Gasteiger partial charge in [0.25, 0.3) is 0 Å². The van der Waals surface area contributed by atoms with Gasteiger partial charge in [0.05, 0.1) is 14.2 Å². The highest BCUT2D eigenvalue weighted by atomic mass is 32.2. The summed E-state index contributed by atoms with van der Waals surface area (Å²) in [5.41, 5.74) is 0.633. The fourth-order valence-corrected chi connectivity index (χ4v) is 3.22. The number of rotatable bonds is 4. The van der Waals surface area contributed by atoms with E-state index in [1.165, 1.54) is 18.7 Å². The fraction of sp³-hybridized carbons (Fsp3) is 0.429. The highest BCUT2D eigenvalue weighted by Crippen LogP contribution is 2.41. The lowest BCUT2D eigenvalue weighted by atomic mass is 10.2. The van der Waals surface area contributed by atoms with E-state index in [2.05, 4.69) is 0 Å². The van der Waals surface area contributed by atoms with Crippen molar-refractivity contribution >= 4 is 28.5 Å². The number of thioether (sulfide) groups is 1. The predicted molar refractivity (Wildman–Crippen MR) is 78.6 cm³/mol. The molecule has 2 rings (SSSR count). The third-order valence-electron chi connectivity index (χ3n) is 3.09. The summed E-state index contributed by atoms with van der Waals surface area (Å²) in [5.74, 6) is 1.16. The smallest absolute Gasteiger partial charge is 0.228 e. The minimum atomic E-state index is -0.0217. The monoisotopic (exact) mass is 295 g/mol. The molecule has 0 aromatic heterocycles. The highest BCUT2D eigenvalue weighted by molar-refractivity contribution is 8.14. The SMILES string of the molecule is COc1cccc(OC)c1N1CC(SC(C)=O)CC1=O. The van der Waals surface area contributed by atoms with Crippen LogP contribution >= 0.6 is 11.8 Å². The normalized spacial score (nSPS) is 18.2. The van der Waals surface area contributed by atoms with Crippen molar-refractivity contribution < 1.29 is 19.1 Å². The average molecular weight is 295 g/mol. The third kappa shape index (κ3) is 2.90. The van der Waals surface area contributed by atoms with Crippen molar-refractivity contribution in [3.63, 3.8) is 0 Å². The van der Waals surface area contributed by atoms with E-state index in [1.807, 2.05) is 6.07 Å². The van der Waals surface area contributed by atoms with Crippen LogP contribution in [0.25, 0.3) is 0 Å². The molecule has 1 atom stereocenters. The van der Waals surface area contributed by atoms with Crippen molar-refractivity contribution in [3.05, 3.63) is 18.2 Å². The molecule has 0 bridgehead atoms. The Hall–Kier alpha value is -1.69. The van der Waals surface area contributed by atoms with Gasteiger partial charge in [-0.25, -0.2) is 0 Å². The molecule has 20 heavy (non-hydrogen) atoms. The van der Waals surface area contributed by atoms with Crippen LogP contribution in [0.3, 0.4) is 0 Å². The molecular formula is C14H17NO4S. The van der Waals surface area contributed by atoms with Gasteiger partial charge in [-0.3, -0.25) is 9.59 Å². The summed E-state index contributed by atoms with van der Waals surface area (Å²) >= 11 is 1.21. The topological polar surface area (TPSA) is 55.8 Å². The lowest BCUT2D eigenvalue weighted by molar-refractivity contribution is -0.117. The first kappa shape index (κ1) is 14.7. The number of carbonyl (C=O) groups excluding carboxylic acids is 2. The standard InChI is InChI=1S/C14H17NO4S/c1-9(16)20-10-7-13(17)15(8-10)14-11(18-2)5-4-6-12(14)19-3/h4-6,10H,7-8H2,1-3H3. The van der Waals surface area contributed by atoms with Crippen LogP contribution in [0.1, 0.15) is 13.3 Å². The second-order valence-electron chi connectivity index (χ2n) is 4.45. The molecular weight excluding hydrogens is 278 g/mol. The van der Waals surface area contributed by atoms with Crippen molar-refractivity contribution in [2.24, 2.45) is 0 Å². The van der Waals surface area contributed by atoms with Gasteiger partial charge in [0.15, 0.2) is 5.12 Å². The second-order valence-corrected chi connectivity index (χ2v) is 5.93. The summed E-state index contributed by atoms with van der Waals surface area (Å²) in [4.78, 5) is 25.0. The maximum atomic E-state index is 12.2. The summed E-state index contributed by atoms with van der Waals surface area (Å²) in [6, 6.07) is 5.39. The first-order chi connectivity index (χ1) is 9.56. The van der Waals surface area contributed by atoms with Gasteiger partial charge < -0.3 is 14.4 Å². The number of hydrogen-bond acceptors (Lipinski definition) is 5. The van der Waals surface area contributed by atoms with Crippen LogP contribution in [0, 0.1) is 0 Å². The Balaban J connectivity index is 2.32. The number of benzene rings is 1. The first-order valence-corrected chi connectivity index (χ1v) is 7.13. The van der Waals surface area contributed by atoms with Crippen LogP contribution in [0.4, 0.5) is 5.69 Å². The zero-order valence-corrected chi connectivity index (χ0v) is 12.5. The third-order valence-corrected chi connectivity index (χ3v) is 4.07. The molecule has 1 saturated heterocycles. The molecule has 0 radical (unpaired) electrons. The molecule has 5 nitrogen and oxygen atoms in total. The molecule has 1 aromatic carbocycles. The van der Waals surface area contributed by atoms with Crippen molar-refractivity contribution in [3.8, 4) is 11.5 Å². The zero-order valence-electron chi connectivity index (χ0n) is 11.7. The number of nitrogens with zero attached hydrogens (tertiary/aromatic N) is 1. The second kappa shape index (κ2) is 6.17. The van der Waals surface area contributed by atoms with Crippen LogP contribution in [-0.2, 0) is 9.59 Å². The Kier molecular flexibility index (Phi) is 4.54. The van der Waals surface area contributed by atoms with E-state index in [0.29, 0.717) is 30.2 Å². The molecule has 6 heteroatoms. The van der Waals surface area contributed by atoms with E-state index in [1.54, 1.807) is 31.3 Å². The number of amides is 1. The summed E-state index contributed by atoms with van der Waals surface area (Å²) < 4.78 is 10.6. The zero-order chi connectivity index (χ0) is 14.7. The van der Waals surface area contributed by atoms with E-state index in [0.717, 1.165) is 0 Å². The molecule has 1 aliphatic heterocycles. The number of para-hydroxylation sites is 1.